The number of hydrogen-bond donors (Lipinski definition) is 1. The maximum atomic E-state index is 12.9. The fourth-order valence-electron chi connectivity index (χ4n) is 1.89. The van der Waals surface area contributed by atoms with Crippen LogP contribution in [0.5, 0.6) is 0 Å². The zero-order chi connectivity index (χ0) is 15.2. The highest BCUT2D eigenvalue weighted by molar-refractivity contribution is 9.10. The smallest absolute Gasteiger partial charge is 0.224 e. The van der Waals surface area contributed by atoms with E-state index in [9.17, 15) is 4.39 Å². The molecule has 0 spiro atoms. The summed E-state index contributed by atoms with van der Waals surface area (Å²) in [5.74, 6) is 1.18. The molecule has 0 saturated carbocycles. The fraction of sp³-hybridized carbons (Fsp3) is 0.333. The van der Waals surface area contributed by atoms with Gasteiger partial charge in [0.15, 0.2) is 0 Å². The van der Waals surface area contributed by atoms with Gasteiger partial charge in [0.05, 0.1) is 4.47 Å². The Bertz CT molecular complexity index is 589. The molecule has 1 aromatic heterocycles. The molecule has 0 radical (unpaired) electrons. The van der Waals surface area contributed by atoms with Crippen molar-refractivity contribution >= 4 is 27.7 Å². The van der Waals surface area contributed by atoms with Gasteiger partial charge in [0.1, 0.15) is 11.6 Å². The van der Waals surface area contributed by atoms with Crippen LogP contribution in [0, 0.1) is 5.82 Å². The molecule has 0 aliphatic carbocycles. The van der Waals surface area contributed by atoms with Crippen molar-refractivity contribution in [1.82, 2.24) is 9.97 Å². The second-order valence-corrected chi connectivity index (χ2v) is 5.63. The van der Waals surface area contributed by atoms with Gasteiger partial charge in [-0.3, -0.25) is 0 Å². The Labute approximate surface area is 132 Å². The van der Waals surface area contributed by atoms with E-state index in [2.05, 4.69) is 38.1 Å². The van der Waals surface area contributed by atoms with Gasteiger partial charge in [0.25, 0.3) is 0 Å². The summed E-state index contributed by atoms with van der Waals surface area (Å²) in [5, 5.41) is 3.17. The van der Waals surface area contributed by atoms with E-state index in [1.54, 1.807) is 18.3 Å². The molecule has 2 rings (SSSR count). The summed E-state index contributed by atoms with van der Waals surface area (Å²) in [5.41, 5.74) is 1.02. The summed E-state index contributed by atoms with van der Waals surface area (Å²) in [7, 11) is 1.94. The van der Waals surface area contributed by atoms with Gasteiger partial charge < -0.3 is 10.2 Å². The molecule has 0 bridgehead atoms. The van der Waals surface area contributed by atoms with Crippen LogP contribution in [-0.4, -0.2) is 23.6 Å². The molecule has 0 atom stereocenters. The van der Waals surface area contributed by atoms with Crippen molar-refractivity contribution in [3.8, 4) is 0 Å². The number of halogens is 2. The number of anilines is 2. The summed E-state index contributed by atoms with van der Waals surface area (Å²) < 4.78 is 13.8. The molecule has 0 amide bonds. The number of nitrogens with zero attached hydrogens (tertiary/aromatic N) is 3. The first-order chi connectivity index (χ1) is 10.1. The van der Waals surface area contributed by atoms with Crippen molar-refractivity contribution in [2.75, 3.05) is 23.8 Å². The largest absolute Gasteiger partial charge is 0.354 e. The summed E-state index contributed by atoms with van der Waals surface area (Å²) in [6, 6.07) is 6.48. The van der Waals surface area contributed by atoms with Gasteiger partial charge in [-0.2, -0.15) is 4.98 Å². The van der Waals surface area contributed by atoms with Gasteiger partial charge in [-0.1, -0.05) is 19.1 Å². The average molecular weight is 353 g/mol. The Hall–Kier alpha value is -1.69. The number of aromatic nitrogens is 2. The minimum atomic E-state index is -0.226. The lowest BCUT2D eigenvalue weighted by Gasteiger charge is -2.20. The maximum absolute atomic E-state index is 12.9. The van der Waals surface area contributed by atoms with Crippen LogP contribution < -0.4 is 10.2 Å². The molecule has 1 heterocycles. The van der Waals surface area contributed by atoms with Crippen LogP contribution in [-0.2, 0) is 6.54 Å². The molecule has 1 aromatic carbocycles. The van der Waals surface area contributed by atoms with Crippen LogP contribution in [0.25, 0.3) is 0 Å². The van der Waals surface area contributed by atoms with Crippen LogP contribution in [0.3, 0.4) is 0 Å². The molecule has 112 valence electrons. The second-order valence-electron chi connectivity index (χ2n) is 4.77. The molecule has 0 unspecified atom stereocenters. The van der Waals surface area contributed by atoms with Gasteiger partial charge in [-0.15, -0.1) is 0 Å². The Morgan fingerprint density at radius 2 is 2.00 bits per heavy atom. The summed E-state index contributed by atoms with van der Waals surface area (Å²) in [4.78, 5) is 10.7. The summed E-state index contributed by atoms with van der Waals surface area (Å²) in [6.07, 6.45) is 2.75. The van der Waals surface area contributed by atoms with Crippen molar-refractivity contribution in [3.05, 3.63) is 46.3 Å². The first-order valence-corrected chi connectivity index (χ1v) is 7.61. The summed E-state index contributed by atoms with van der Waals surface area (Å²) >= 11 is 3.47. The molecule has 2 aromatic rings. The van der Waals surface area contributed by atoms with Crippen molar-refractivity contribution in [3.63, 3.8) is 0 Å². The Balaban J connectivity index is 2.13. The lowest BCUT2D eigenvalue weighted by atomic mass is 10.2. The predicted molar refractivity (Wildman–Crippen MR) is 87.0 cm³/mol. The minimum Gasteiger partial charge on any atom is -0.354 e. The van der Waals surface area contributed by atoms with Gasteiger partial charge in [0, 0.05) is 26.3 Å². The van der Waals surface area contributed by atoms with Crippen LogP contribution in [0.15, 0.2) is 34.9 Å². The van der Waals surface area contributed by atoms with Gasteiger partial charge in [-0.25, -0.2) is 9.37 Å². The van der Waals surface area contributed by atoms with Gasteiger partial charge >= 0.3 is 0 Å². The van der Waals surface area contributed by atoms with Crippen LogP contribution >= 0.6 is 15.9 Å². The van der Waals surface area contributed by atoms with Crippen molar-refractivity contribution < 1.29 is 4.39 Å². The zero-order valence-electron chi connectivity index (χ0n) is 12.1. The normalized spacial score (nSPS) is 10.5. The van der Waals surface area contributed by atoms with Gasteiger partial charge in [0.2, 0.25) is 5.95 Å². The van der Waals surface area contributed by atoms with Crippen molar-refractivity contribution in [1.29, 1.82) is 0 Å². The molecule has 6 heteroatoms. The Morgan fingerprint density at radius 1 is 1.29 bits per heavy atom. The van der Waals surface area contributed by atoms with E-state index in [4.69, 9.17) is 0 Å². The van der Waals surface area contributed by atoms with E-state index >= 15 is 0 Å². The highest BCUT2D eigenvalue weighted by atomic mass is 79.9. The third kappa shape index (κ3) is 4.39. The third-order valence-electron chi connectivity index (χ3n) is 2.95. The molecular weight excluding hydrogens is 335 g/mol. The standard InChI is InChI=1S/C15H18BrFN4/c1-3-8-18-15-19-9-13(16)14(20-15)21(2)10-11-4-6-12(17)7-5-11/h4-7,9H,3,8,10H2,1-2H3,(H,18,19,20). The van der Waals surface area contributed by atoms with E-state index < -0.39 is 0 Å². The van der Waals surface area contributed by atoms with Gasteiger partial charge in [-0.05, 0) is 40.0 Å². The number of rotatable bonds is 6. The molecular formula is C15H18BrFN4. The minimum absolute atomic E-state index is 0.226. The first kappa shape index (κ1) is 15.7. The third-order valence-corrected chi connectivity index (χ3v) is 3.51. The number of hydrogen-bond acceptors (Lipinski definition) is 4. The van der Waals surface area contributed by atoms with E-state index in [0.717, 1.165) is 28.8 Å². The Morgan fingerprint density at radius 3 is 2.67 bits per heavy atom. The lowest BCUT2D eigenvalue weighted by Crippen LogP contribution is -2.19. The number of benzene rings is 1. The molecule has 0 aliphatic rings. The lowest BCUT2D eigenvalue weighted by molar-refractivity contribution is 0.627. The Kier molecular flexibility index (Phi) is 5.50. The molecule has 1 N–H and O–H groups in total. The van der Waals surface area contributed by atoms with E-state index in [1.807, 2.05) is 11.9 Å². The second kappa shape index (κ2) is 7.36. The number of nitrogens with one attached hydrogen (secondary N) is 1. The monoisotopic (exact) mass is 352 g/mol. The van der Waals surface area contributed by atoms with E-state index in [1.165, 1.54) is 12.1 Å². The first-order valence-electron chi connectivity index (χ1n) is 6.82. The molecule has 21 heavy (non-hydrogen) atoms. The molecule has 0 fully saturated rings. The van der Waals surface area contributed by atoms with Crippen LogP contribution in [0.1, 0.15) is 18.9 Å². The van der Waals surface area contributed by atoms with E-state index in [0.29, 0.717) is 12.5 Å². The van der Waals surface area contributed by atoms with Crippen LogP contribution in [0.2, 0.25) is 0 Å². The zero-order valence-corrected chi connectivity index (χ0v) is 13.7. The SMILES string of the molecule is CCCNc1ncc(Br)c(N(C)Cc2ccc(F)cc2)n1. The van der Waals surface area contributed by atoms with Crippen molar-refractivity contribution in [2.45, 2.75) is 19.9 Å². The summed E-state index contributed by atoms with van der Waals surface area (Å²) in [6.45, 7) is 3.57. The van der Waals surface area contributed by atoms with E-state index in [-0.39, 0.29) is 5.82 Å². The molecule has 0 saturated heterocycles. The fourth-order valence-corrected chi connectivity index (χ4v) is 2.38. The average Bonchev–Trinajstić information content (AvgIpc) is 2.48. The highest BCUT2D eigenvalue weighted by Gasteiger charge is 2.10. The quantitative estimate of drug-likeness (QED) is 0.857. The molecule has 4 nitrogen and oxygen atoms in total. The van der Waals surface area contributed by atoms with Crippen molar-refractivity contribution in [2.24, 2.45) is 0 Å². The topological polar surface area (TPSA) is 41.1 Å². The maximum Gasteiger partial charge on any atom is 0.224 e. The van der Waals surface area contributed by atoms with Crippen LogP contribution in [0.4, 0.5) is 16.2 Å². The predicted octanol–water partition coefficient (Wildman–Crippen LogP) is 3.84. The molecule has 0 aliphatic heterocycles. The highest BCUT2D eigenvalue weighted by Crippen LogP contribution is 2.24.